The number of carbonyl (C=O) groups excluding carboxylic acids is 1. The van der Waals surface area contributed by atoms with Crippen molar-refractivity contribution < 1.29 is 14.3 Å². The summed E-state index contributed by atoms with van der Waals surface area (Å²) in [7, 11) is 0. The summed E-state index contributed by atoms with van der Waals surface area (Å²) in [6.45, 7) is 0.925. The van der Waals surface area contributed by atoms with Gasteiger partial charge < -0.3 is 9.47 Å². The van der Waals surface area contributed by atoms with Gasteiger partial charge >= 0.3 is 0 Å². The predicted octanol–water partition coefficient (Wildman–Crippen LogP) is 5.84. The van der Waals surface area contributed by atoms with Gasteiger partial charge in [-0.25, -0.2) is 0 Å². The van der Waals surface area contributed by atoms with Gasteiger partial charge in [0.2, 0.25) is 0 Å². The van der Waals surface area contributed by atoms with Crippen molar-refractivity contribution in [3.63, 3.8) is 0 Å². The van der Waals surface area contributed by atoms with E-state index < -0.39 is 0 Å². The zero-order chi connectivity index (χ0) is 19.9. The van der Waals surface area contributed by atoms with Crippen molar-refractivity contribution in [1.29, 1.82) is 0 Å². The minimum absolute atomic E-state index is 0.209. The summed E-state index contributed by atoms with van der Waals surface area (Å²) >= 11 is 0. The van der Waals surface area contributed by atoms with Crippen LogP contribution in [-0.2, 0) is 18.0 Å². The minimum Gasteiger partial charge on any atom is -0.485 e. The van der Waals surface area contributed by atoms with Gasteiger partial charge in [0.1, 0.15) is 13.2 Å². The van der Waals surface area contributed by atoms with E-state index in [0.29, 0.717) is 24.7 Å². The van der Waals surface area contributed by atoms with Gasteiger partial charge in [0, 0.05) is 5.92 Å². The topological polar surface area (TPSA) is 35.5 Å². The molecule has 0 radical (unpaired) electrons. The second-order valence-corrected chi connectivity index (χ2v) is 7.26. The zero-order valence-corrected chi connectivity index (χ0v) is 16.3. The second kappa shape index (κ2) is 9.24. The lowest BCUT2D eigenvalue weighted by molar-refractivity contribution is -0.115. The van der Waals surface area contributed by atoms with Crippen LogP contribution >= 0.6 is 0 Å². The summed E-state index contributed by atoms with van der Waals surface area (Å²) in [5.74, 6) is 1.80. The first-order valence-electron chi connectivity index (χ1n) is 9.97. The van der Waals surface area contributed by atoms with Gasteiger partial charge in [-0.2, -0.15) is 0 Å². The molecule has 0 atom stereocenters. The number of carbonyl (C=O) groups is 1. The molecule has 0 heterocycles. The fourth-order valence-corrected chi connectivity index (χ4v) is 3.01. The molecular formula is C26H24O3. The van der Waals surface area contributed by atoms with Crippen LogP contribution in [0.4, 0.5) is 0 Å². The van der Waals surface area contributed by atoms with Gasteiger partial charge in [0.05, 0.1) is 0 Å². The molecule has 29 heavy (non-hydrogen) atoms. The van der Waals surface area contributed by atoms with E-state index in [2.05, 4.69) is 0 Å². The number of rotatable bonds is 9. The van der Waals surface area contributed by atoms with Gasteiger partial charge in [-0.05, 0) is 47.7 Å². The van der Waals surface area contributed by atoms with Crippen LogP contribution in [0, 0.1) is 5.92 Å². The predicted molar refractivity (Wildman–Crippen MR) is 115 cm³/mol. The summed E-state index contributed by atoms with van der Waals surface area (Å²) in [4.78, 5) is 12.0. The maximum absolute atomic E-state index is 12.0. The van der Waals surface area contributed by atoms with Crippen LogP contribution in [0.5, 0.6) is 11.5 Å². The Morgan fingerprint density at radius 2 is 1.38 bits per heavy atom. The van der Waals surface area contributed by atoms with Crippen LogP contribution in [0.25, 0.3) is 6.08 Å². The summed E-state index contributed by atoms with van der Waals surface area (Å²) < 4.78 is 12.1. The lowest BCUT2D eigenvalue weighted by atomic mass is 10.1. The van der Waals surface area contributed by atoms with Gasteiger partial charge in [0.15, 0.2) is 17.3 Å². The smallest absolute Gasteiger partial charge is 0.162 e. The highest BCUT2D eigenvalue weighted by Gasteiger charge is 2.27. The number of allylic oxidation sites excluding steroid dienone is 1. The van der Waals surface area contributed by atoms with Gasteiger partial charge in [-0.1, -0.05) is 72.8 Å². The molecule has 146 valence electrons. The molecule has 0 N–H and O–H groups in total. The van der Waals surface area contributed by atoms with Crippen molar-refractivity contribution in [3.8, 4) is 11.5 Å². The lowest BCUT2D eigenvalue weighted by Gasteiger charge is -2.14. The van der Waals surface area contributed by atoms with Gasteiger partial charge in [0.25, 0.3) is 0 Å². The van der Waals surface area contributed by atoms with Crippen LogP contribution in [0.2, 0.25) is 0 Å². The van der Waals surface area contributed by atoms with E-state index in [0.717, 1.165) is 29.5 Å². The Hall–Kier alpha value is -3.33. The minimum atomic E-state index is 0.209. The third kappa shape index (κ3) is 5.58. The van der Waals surface area contributed by atoms with Crippen molar-refractivity contribution in [2.24, 2.45) is 5.92 Å². The Bertz CT molecular complexity index is 973. The quantitative estimate of drug-likeness (QED) is 0.435. The first-order chi connectivity index (χ1) is 14.3. The molecule has 1 fully saturated rings. The molecular weight excluding hydrogens is 360 g/mol. The second-order valence-electron chi connectivity index (χ2n) is 7.26. The number of benzene rings is 3. The standard InChI is InChI=1S/C26H24O3/c27-24(23-13-14-23)15-11-20-12-16-25(28-18-21-7-3-1-4-8-21)26(17-20)29-19-22-9-5-2-6-10-22/h1-12,15-17,23H,13-14,18-19H2/b15-11+. The van der Waals surface area contributed by atoms with Crippen LogP contribution in [0.1, 0.15) is 29.5 Å². The van der Waals surface area contributed by atoms with Crippen molar-refractivity contribution in [3.05, 3.63) is 102 Å². The van der Waals surface area contributed by atoms with Crippen molar-refractivity contribution >= 4 is 11.9 Å². The first kappa shape index (κ1) is 19.0. The Balaban J connectivity index is 1.50. The van der Waals surface area contributed by atoms with Crippen LogP contribution in [0.15, 0.2) is 84.9 Å². The average Bonchev–Trinajstić information content (AvgIpc) is 3.62. The zero-order valence-electron chi connectivity index (χ0n) is 16.3. The molecule has 0 saturated heterocycles. The molecule has 0 unspecified atom stereocenters. The number of hydrogen-bond acceptors (Lipinski definition) is 3. The highest BCUT2D eigenvalue weighted by Crippen LogP contribution is 2.32. The average molecular weight is 384 g/mol. The SMILES string of the molecule is O=C(/C=C/c1ccc(OCc2ccccc2)c(OCc2ccccc2)c1)C1CC1. The van der Waals surface area contributed by atoms with E-state index >= 15 is 0 Å². The van der Waals surface area contributed by atoms with Crippen LogP contribution < -0.4 is 9.47 Å². The van der Waals surface area contributed by atoms with Crippen molar-refractivity contribution in [1.82, 2.24) is 0 Å². The molecule has 3 nitrogen and oxygen atoms in total. The molecule has 0 spiro atoms. The number of ether oxygens (including phenoxy) is 2. The van der Waals surface area contributed by atoms with E-state index in [9.17, 15) is 4.79 Å². The van der Waals surface area contributed by atoms with Crippen LogP contribution in [-0.4, -0.2) is 5.78 Å². The van der Waals surface area contributed by atoms with Gasteiger partial charge in [-0.15, -0.1) is 0 Å². The summed E-state index contributed by atoms with van der Waals surface area (Å²) in [6.07, 6.45) is 5.57. The van der Waals surface area contributed by atoms with Gasteiger partial charge in [-0.3, -0.25) is 4.79 Å². The Kier molecular flexibility index (Phi) is 6.06. The van der Waals surface area contributed by atoms with E-state index in [1.54, 1.807) is 6.08 Å². The van der Waals surface area contributed by atoms with E-state index in [4.69, 9.17) is 9.47 Å². The largest absolute Gasteiger partial charge is 0.485 e. The number of hydrogen-bond donors (Lipinski definition) is 0. The van der Waals surface area contributed by atoms with Crippen molar-refractivity contribution in [2.75, 3.05) is 0 Å². The van der Waals surface area contributed by atoms with E-state index in [1.165, 1.54) is 0 Å². The first-order valence-corrected chi connectivity index (χ1v) is 9.97. The third-order valence-electron chi connectivity index (χ3n) is 4.86. The molecule has 4 rings (SSSR count). The number of ketones is 1. The van der Waals surface area contributed by atoms with E-state index in [-0.39, 0.29) is 11.7 Å². The normalized spacial score (nSPS) is 13.4. The van der Waals surface area contributed by atoms with Crippen LogP contribution in [0.3, 0.4) is 0 Å². The molecule has 3 aromatic carbocycles. The van der Waals surface area contributed by atoms with Crippen molar-refractivity contribution in [2.45, 2.75) is 26.1 Å². The molecule has 1 aliphatic rings. The molecule has 1 aliphatic carbocycles. The van der Waals surface area contributed by atoms with E-state index in [1.807, 2.05) is 84.9 Å². The fraction of sp³-hybridized carbons (Fsp3) is 0.192. The molecule has 0 aromatic heterocycles. The lowest BCUT2D eigenvalue weighted by Crippen LogP contribution is -2.01. The summed E-state index contributed by atoms with van der Waals surface area (Å²) in [5, 5.41) is 0. The Labute approximate surface area is 171 Å². The molecule has 1 saturated carbocycles. The monoisotopic (exact) mass is 384 g/mol. The molecule has 3 aromatic rings. The molecule has 3 heteroatoms. The molecule has 0 aliphatic heterocycles. The molecule has 0 amide bonds. The highest BCUT2D eigenvalue weighted by molar-refractivity contribution is 5.96. The third-order valence-corrected chi connectivity index (χ3v) is 4.86. The summed E-state index contributed by atoms with van der Waals surface area (Å²) in [6, 6.07) is 25.9. The maximum Gasteiger partial charge on any atom is 0.162 e. The summed E-state index contributed by atoms with van der Waals surface area (Å²) in [5.41, 5.74) is 3.11. The maximum atomic E-state index is 12.0. The fourth-order valence-electron chi connectivity index (χ4n) is 3.01. The Morgan fingerprint density at radius 1 is 0.793 bits per heavy atom. The molecule has 0 bridgehead atoms. The highest BCUT2D eigenvalue weighted by atomic mass is 16.5. The Morgan fingerprint density at radius 3 is 1.97 bits per heavy atom.